The zero-order chi connectivity index (χ0) is 18.8. The third-order valence-corrected chi connectivity index (χ3v) is 4.96. The summed E-state index contributed by atoms with van der Waals surface area (Å²) in [6.45, 7) is 4.10. The maximum atomic E-state index is 13.3. The van der Waals surface area contributed by atoms with Gasteiger partial charge >= 0.3 is 0 Å². The summed E-state index contributed by atoms with van der Waals surface area (Å²) in [6.07, 6.45) is 4.30. The van der Waals surface area contributed by atoms with E-state index in [0.29, 0.717) is 13.1 Å². The first-order chi connectivity index (χ1) is 13.1. The summed E-state index contributed by atoms with van der Waals surface area (Å²) >= 11 is 5.87. The zero-order valence-electron chi connectivity index (χ0n) is 14.9. The first kappa shape index (κ1) is 17.7. The smallest absolute Gasteiger partial charge is 0.141 e. The van der Waals surface area contributed by atoms with E-state index in [1.54, 1.807) is 18.5 Å². The van der Waals surface area contributed by atoms with Crippen LogP contribution < -0.4 is 10.2 Å². The molecule has 3 aromatic rings. The molecule has 0 spiro atoms. The molecule has 0 bridgehead atoms. The minimum absolute atomic E-state index is 0.121. The molecule has 1 aromatic carbocycles. The van der Waals surface area contributed by atoms with Crippen LogP contribution in [-0.4, -0.2) is 21.5 Å². The van der Waals surface area contributed by atoms with Gasteiger partial charge in [-0.05, 0) is 36.2 Å². The molecule has 0 unspecified atom stereocenters. The van der Waals surface area contributed by atoms with Crippen LogP contribution in [-0.2, 0) is 19.5 Å². The van der Waals surface area contributed by atoms with Gasteiger partial charge in [-0.25, -0.2) is 19.3 Å². The van der Waals surface area contributed by atoms with E-state index in [1.165, 1.54) is 6.07 Å². The van der Waals surface area contributed by atoms with Crippen molar-refractivity contribution < 1.29 is 4.39 Å². The van der Waals surface area contributed by atoms with Gasteiger partial charge in [0.1, 0.15) is 23.8 Å². The van der Waals surface area contributed by atoms with Crippen molar-refractivity contribution in [1.29, 1.82) is 0 Å². The molecule has 0 saturated heterocycles. The van der Waals surface area contributed by atoms with Crippen molar-refractivity contribution in [2.45, 2.75) is 26.4 Å². The van der Waals surface area contributed by atoms with Crippen LogP contribution in [0.3, 0.4) is 0 Å². The van der Waals surface area contributed by atoms with Crippen LogP contribution in [0.4, 0.5) is 16.0 Å². The lowest BCUT2D eigenvalue weighted by molar-refractivity contribution is 0.627. The predicted octanol–water partition coefficient (Wildman–Crippen LogP) is 4.15. The highest BCUT2D eigenvalue weighted by Gasteiger charge is 2.22. The number of fused-ring (bicyclic) bond motifs is 1. The Balaban J connectivity index is 1.54. The molecule has 3 heterocycles. The number of pyridine rings is 1. The van der Waals surface area contributed by atoms with Gasteiger partial charge in [0, 0.05) is 37.8 Å². The van der Waals surface area contributed by atoms with Crippen LogP contribution in [0.15, 0.2) is 42.9 Å². The number of halogens is 2. The predicted molar refractivity (Wildman–Crippen MR) is 104 cm³/mol. The molecule has 0 radical (unpaired) electrons. The lowest BCUT2D eigenvalue weighted by Gasteiger charge is -2.30. The van der Waals surface area contributed by atoms with Crippen LogP contribution in [0.5, 0.6) is 0 Å². The van der Waals surface area contributed by atoms with Crippen molar-refractivity contribution in [3.05, 3.63) is 76.1 Å². The van der Waals surface area contributed by atoms with Crippen LogP contribution >= 0.6 is 11.6 Å². The van der Waals surface area contributed by atoms with Gasteiger partial charge in [0.15, 0.2) is 0 Å². The van der Waals surface area contributed by atoms with Gasteiger partial charge in [0.05, 0.1) is 10.7 Å². The SMILES string of the molecule is Cc1ccc(N2CCc3ncnc(NCc4ccc(F)c(Cl)c4)c3C2)nc1. The maximum absolute atomic E-state index is 13.3. The summed E-state index contributed by atoms with van der Waals surface area (Å²) in [5.74, 6) is 1.32. The number of nitrogens with zero attached hydrogens (tertiary/aromatic N) is 4. The van der Waals surface area contributed by atoms with E-state index in [1.807, 2.05) is 19.2 Å². The molecule has 5 nitrogen and oxygen atoms in total. The van der Waals surface area contributed by atoms with Crippen LogP contribution in [0.25, 0.3) is 0 Å². The van der Waals surface area contributed by atoms with Gasteiger partial charge in [-0.15, -0.1) is 0 Å². The van der Waals surface area contributed by atoms with Gasteiger partial charge in [0.2, 0.25) is 0 Å². The minimum Gasteiger partial charge on any atom is -0.366 e. The van der Waals surface area contributed by atoms with E-state index in [-0.39, 0.29) is 5.02 Å². The van der Waals surface area contributed by atoms with Gasteiger partial charge in [-0.3, -0.25) is 0 Å². The Morgan fingerprint density at radius 3 is 2.85 bits per heavy atom. The van der Waals surface area contributed by atoms with Gasteiger partial charge < -0.3 is 10.2 Å². The summed E-state index contributed by atoms with van der Waals surface area (Å²) in [6, 6.07) is 8.82. The average Bonchev–Trinajstić information content (AvgIpc) is 2.69. The summed E-state index contributed by atoms with van der Waals surface area (Å²) in [5, 5.41) is 3.46. The van der Waals surface area contributed by atoms with E-state index < -0.39 is 5.82 Å². The molecule has 0 aliphatic carbocycles. The number of aryl methyl sites for hydroxylation is 1. The van der Waals surface area contributed by atoms with E-state index in [4.69, 9.17) is 11.6 Å². The summed E-state index contributed by atoms with van der Waals surface area (Å²) < 4.78 is 13.3. The van der Waals surface area contributed by atoms with Gasteiger partial charge in [-0.2, -0.15) is 0 Å². The average molecular weight is 384 g/mol. The second-order valence-corrected chi connectivity index (χ2v) is 7.02. The number of hydrogen-bond donors (Lipinski definition) is 1. The minimum atomic E-state index is -0.416. The molecule has 0 saturated carbocycles. The fraction of sp³-hybridized carbons (Fsp3) is 0.250. The first-order valence-corrected chi connectivity index (χ1v) is 9.16. The standard InChI is InChI=1S/C20H19ClFN5/c1-13-2-5-19(23-9-13)27-7-6-18-15(11-27)20(26-12-25-18)24-10-14-3-4-17(22)16(21)8-14/h2-5,8-9,12H,6-7,10-11H2,1H3,(H,24,25,26). The number of hydrogen-bond acceptors (Lipinski definition) is 5. The van der Waals surface area contributed by atoms with E-state index in [9.17, 15) is 4.39 Å². The van der Waals surface area contributed by atoms with Gasteiger partial charge in [0.25, 0.3) is 0 Å². The van der Waals surface area contributed by atoms with E-state index >= 15 is 0 Å². The Morgan fingerprint density at radius 2 is 2.07 bits per heavy atom. The zero-order valence-corrected chi connectivity index (χ0v) is 15.7. The van der Waals surface area contributed by atoms with Crippen LogP contribution in [0.2, 0.25) is 5.02 Å². The van der Waals surface area contributed by atoms with Crippen molar-refractivity contribution in [2.75, 3.05) is 16.8 Å². The van der Waals surface area contributed by atoms with Crippen molar-refractivity contribution in [3.63, 3.8) is 0 Å². The number of aromatic nitrogens is 3. The number of nitrogens with one attached hydrogen (secondary N) is 1. The Hall–Kier alpha value is -2.73. The molecule has 2 aromatic heterocycles. The fourth-order valence-corrected chi connectivity index (χ4v) is 3.37. The normalized spacial score (nSPS) is 13.4. The Bertz CT molecular complexity index is 961. The highest BCUT2D eigenvalue weighted by molar-refractivity contribution is 6.30. The van der Waals surface area contributed by atoms with E-state index in [2.05, 4.69) is 31.2 Å². The second-order valence-electron chi connectivity index (χ2n) is 6.61. The molecular weight excluding hydrogens is 365 g/mol. The van der Waals surface area contributed by atoms with Crippen molar-refractivity contribution >= 4 is 23.2 Å². The van der Waals surface area contributed by atoms with Crippen molar-refractivity contribution in [2.24, 2.45) is 0 Å². The topological polar surface area (TPSA) is 53.9 Å². The Kier molecular flexibility index (Phi) is 4.90. The molecule has 27 heavy (non-hydrogen) atoms. The molecule has 138 valence electrons. The highest BCUT2D eigenvalue weighted by atomic mass is 35.5. The molecule has 4 rings (SSSR count). The molecule has 1 aliphatic rings. The molecule has 7 heteroatoms. The summed E-state index contributed by atoms with van der Waals surface area (Å²) in [5.41, 5.74) is 4.15. The number of benzene rings is 1. The molecule has 0 amide bonds. The third kappa shape index (κ3) is 3.85. The maximum Gasteiger partial charge on any atom is 0.141 e. The molecule has 1 aliphatic heterocycles. The molecule has 0 fully saturated rings. The molecule has 1 N–H and O–H groups in total. The van der Waals surface area contributed by atoms with Crippen LogP contribution in [0, 0.1) is 12.7 Å². The fourth-order valence-electron chi connectivity index (χ4n) is 3.17. The Morgan fingerprint density at radius 1 is 1.19 bits per heavy atom. The Labute approximate surface area is 162 Å². The summed E-state index contributed by atoms with van der Waals surface area (Å²) in [7, 11) is 0. The first-order valence-electron chi connectivity index (χ1n) is 8.78. The lowest BCUT2D eigenvalue weighted by Crippen LogP contribution is -2.32. The summed E-state index contributed by atoms with van der Waals surface area (Å²) in [4.78, 5) is 15.6. The quantitative estimate of drug-likeness (QED) is 0.733. The van der Waals surface area contributed by atoms with E-state index in [0.717, 1.165) is 47.0 Å². The number of anilines is 2. The highest BCUT2D eigenvalue weighted by Crippen LogP contribution is 2.26. The van der Waals surface area contributed by atoms with Crippen LogP contribution in [0.1, 0.15) is 22.4 Å². The largest absolute Gasteiger partial charge is 0.366 e. The molecule has 0 atom stereocenters. The third-order valence-electron chi connectivity index (χ3n) is 4.67. The lowest BCUT2D eigenvalue weighted by atomic mass is 10.1. The van der Waals surface area contributed by atoms with Gasteiger partial charge in [-0.1, -0.05) is 23.7 Å². The van der Waals surface area contributed by atoms with Crippen molar-refractivity contribution in [3.8, 4) is 0 Å². The molecular formula is C20H19ClFN5. The second kappa shape index (κ2) is 7.48. The number of rotatable bonds is 4. The van der Waals surface area contributed by atoms with Crippen molar-refractivity contribution in [1.82, 2.24) is 15.0 Å². The monoisotopic (exact) mass is 383 g/mol.